The van der Waals surface area contributed by atoms with Crippen LogP contribution in [0.4, 0.5) is 0 Å². The summed E-state index contributed by atoms with van der Waals surface area (Å²) >= 11 is 0. The molecule has 0 saturated carbocycles. The van der Waals surface area contributed by atoms with Gasteiger partial charge in [0.25, 0.3) is 0 Å². The number of fused-ring (bicyclic) bond motifs is 4. The molecule has 0 aliphatic carbocycles. The Morgan fingerprint density at radius 3 is 1.04 bits per heavy atom. The predicted molar refractivity (Wildman–Crippen MR) is 234 cm³/mol. The van der Waals surface area contributed by atoms with Gasteiger partial charge in [0.1, 0.15) is 23.0 Å². The summed E-state index contributed by atoms with van der Waals surface area (Å²) < 4.78 is 11.0. The van der Waals surface area contributed by atoms with Crippen molar-refractivity contribution in [3.63, 3.8) is 0 Å². The largest absolute Gasteiger partial charge is 0.507 e. The summed E-state index contributed by atoms with van der Waals surface area (Å²) in [7, 11) is 4.60. The predicted octanol–water partition coefficient (Wildman–Crippen LogP) is 11.1. The van der Waals surface area contributed by atoms with E-state index in [-0.39, 0.29) is 24.7 Å². The molecule has 0 amide bonds. The number of rotatable bonds is 6. The maximum Gasteiger partial charge on any atom is 0.131 e. The van der Waals surface area contributed by atoms with Crippen LogP contribution in [-0.4, -0.2) is 25.4 Å². The zero-order chi connectivity index (χ0) is 39.0. The fourth-order valence-corrected chi connectivity index (χ4v) is 7.36. The lowest BCUT2D eigenvalue weighted by Gasteiger charge is -2.15. The summed E-state index contributed by atoms with van der Waals surface area (Å²) in [5.41, 5.74) is 4.60. The molecule has 0 aliphatic heterocycles. The maximum atomic E-state index is 10.6. The van der Waals surface area contributed by atoms with Crippen molar-refractivity contribution in [2.45, 2.75) is 13.2 Å². The van der Waals surface area contributed by atoms with Gasteiger partial charge in [0.15, 0.2) is 0 Å². The summed E-state index contributed by atoms with van der Waals surface area (Å²) in [6, 6.07) is 52.8. The minimum absolute atomic E-state index is 0.0756. The number of aliphatic hydroxyl groups is 2. The molecular weight excluding hydrogens is 736 g/mol. The van der Waals surface area contributed by atoms with Gasteiger partial charge in [0, 0.05) is 22.3 Å². The quantitative estimate of drug-likeness (QED) is 0.124. The highest BCUT2D eigenvalue weighted by Crippen LogP contribution is 2.46. The van der Waals surface area contributed by atoms with E-state index in [0.29, 0.717) is 11.4 Å². The van der Waals surface area contributed by atoms with Crippen LogP contribution < -0.4 is 9.05 Å². The van der Waals surface area contributed by atoms with E-state index in [0.717, 1.165) is 76.8 Å². The highest BCUT2D eigenvalue weighted by Gasteiger charge is 2.18. The van der Waals surface area contributed by atoms with E-state index in [1.807, 2.05) is 109 Å². The van der Waals surface area contributed by atoms with Crippen LogP contribution in [0.3, 0.4) is 0 Å². The second-order valence-corrected chi connectivity index (χ2v) is 13.3. The SMILES string of the molecule is OCc1cccc(CO)n1.Oc1ccc2ccccc2c1-c1c(OP)ccc2ccccc12.Oc1ccc2ccccc2c1-c1c(OP)ccc2ccccc12. The molecule has 8 aromatic carbocycles. The van der Waals surface area contributed by atoms with Crippen molar-refractivity contribution in [2.24, 2.45) is 0 Å². The number of benzene rings is 8. The fraction of sp³-hybridized carbons (Fsp3) is 0.0426. The molecule has 0 saturated heterocycles. The lowest BCUT2D eigenvalue weighted by Crippen LogP contribution is -1.93. The summed E-state index contributed by atoms with van der Waals surface area (Å²) in [5.74, 6) is 1.95. The highest BCUT2D eigenvalue weighted by molar-refractivity contribution is 7.10. The first kappa shape index (κ1) is 38.2. The van der Waals surface area contributed by atoms with E-state index in [2.05, 4.69) is 48.2 Å². The third-order valence-corrected chi connectivity index (χ3v) is 10.0. The highest BCUT2D eigenvalue weighted by atomic mass is 31.0. The number of phenols is 2. The van der Waals surface area contributed by atoms with Crippen molar-refractivity contribution >= 4 is 62.0 Å². The number of pyridine rings is 1. The molecule has 0 spiro atoms. The Hall–Kier alpha value is -6.07. The number of aromatic nitrogens is 1. The fourth-order valence-electron chi connectivity index (χ4n) is 6.97. The molecule has 1 aromatic heterocycles. The van der Waals surface area contributed by atoms with Gasteiger partial charge in [0.2, 0.25) is 0 Å². The van der Waals surface area contributed by atoms with Gasteiger partial charge in [-0.2, -0.15) is 0 Å². The molecule has 1 heterocycles. The van der Waals surface area contributed by atoms with E-state index >= 15 is 0 Å². The summed E-state index contributed by atoms with van der Waals surface area (Å²) in [6.07, 6.45) is 0. The molecule has 2 unspecified atom stereocenters. The van der Waals surface area contributed by atoms with Crippen molar-refractivity contribution in [1.82, 2.24) is 4.98 Å². The number of phenolic OH excluding ortho intramolecular Hbond substituents is 2. The van der Waals surface area contributed by atoms with Crippen molar-refractivity contribution in [2.75, 3.05) is 0 Å². The molecule has 278 valence electrons. The van der Waals surface area contributed by atoms with Crippen molar-refractivity contribution in [3.05, 3.63) is 175 Å². The smallest absolute Gasteiger partial charge is 0.131 e. The standard InChI is InChI=1S/2C20H15O2P.C7H9NO2/c2*21-17-11-9-13-5-1-3-7-15(13)19(17)20-16-8-4-2-6-14(16)10-12-18(20)22-23;9-4-6-2-1-3-7(5-10)8-6/h2*1-12,21H,23H2;1-3,9-10H,4-5H2. The lowest BCUT2D eigenvalue weighted by molar-refractivity contribution is 0.265. The molecule has 0 bridgehead atoms. The Balaban J connectivity index is 0.000000139. The van der Waals surface area contributed by atoms with Crippen LogP contribution in [0.15, 0.2) is 164 Å². The van der Waals surface area contributed by atoms with Gasteiger partial charge in [0.05, 0.1) is 43.5 Å². The molecule has 0 radical (unpaired) electrons. The van der Waals surface area contributed by atoms with Crippen LogP contribution in [0.5, 0.6) is 23.0 Å². The average molecular weight is 776 g/mol. The minimum atomic E-state index is -0.0756. The molecule has 7 nitrogen and oxygen atoms in total. The first-order valence-corrected chi connectivity index (χ1v) is 18.8. The number of hydrogen-bond donors (Lipinski definition) is 4. The number of aromatic hydroxyl groups is 2. The van der Waals surface area contributed by atoms with Crippen LogP contribution in [0.1, 0.15) is 11.4 Å². The van der Waals surface area contributed by atoms with Gasteiger partial charge in [-0.15, -0.1) is 0 Å². The van der Waals surface area contributed by atoms with Gasteiger partial charge in [-0.1, -0.05) is 127 Å². The molecule has 0 fully saturated rings. The molecule has 2 atom stereocenters. The summed E-state index contributed by atoms with van der Waals surface area (Å²) in [5, 5.41) is 46.9. The van der Waals surface area contributed by atoms with Gasteiger partial charge < -0.3 is 29.5 Å². The van der Waals surface area contributed by atoms with Crippen LogP contribution in [0, 0.1) is 0 Å². The Labute approximate surface area is 329 Å². The number of aliphatic hydroxyl groups excluding tert-OH is 2. The van der Waals surface area contributed by atoms with Crippen LogP contribution in [0.2, 0.25) is 0 Å². The topological polar surface area (TPSA) is 112 Å². The Bertz CT molecular complexity index is 2620. The van der Waals surface area contributed by atoms with Gasteiger partial charge >= 0.3 is 0 Å². The van der Waals surface area contributed by atoms with E-state index in [9.17, 15) is 10.2 Å². The first-order valence-electron chi connectivity index (χ1n) is 17.8. The Morgan fingerprint density at radius 2 is 0.696 bits per heavy atom. The van der Waals surface area contributed by atoms with Gasteiger partial charge in [-0.05, 0) is 79.5 Å². The lowest BCUT2D eigenvalue weighted by atomic mass is 9.92. The van der Waals surface area contributed by atoms with Gasteiger partial charge in [-0.3, -0.25) is 4.98 Å². The van der Waals surface area contributed by atoms with Crippen LogP contribution >= 0.6 is 18.9 Å². The Morgan fingerprint density at radius 1 is 0.375 bits per heavy atom. The Kier molecular flexibility index (Phi) is 12.0. The molecule has 4 N–H and O–H groups in total. The molecular formula is C47H39NO6P2. The zero-order valence-corrected chi connectivity index (χ0v) is 32.5. The molecule has 9 rings (SSSR count). The summed E-state index contributed by atoms with van der Waals surface area (Å²) in [6.45, 7) is -0.151. The van der Waals surface area contributed by atoms with E-state index < -0.39 is 0 Å². The molecule has 0 aliphatic rings. The van der Waals surface area contributed by atoms with Crippen molar-refractivity contribution in [3.8, 4) is 45.3 Å². The normalized spacial score (nSPS) is 10.8. The van der Waals surface area contributed by atoms with E-state index in [4.69, 9.17) is 19.3 Å². The molecule has 9 aromatic rings. The maximum absolute atomic E-state index is 10.6. The molecule has 56 heavy (non-hydrogen) atoms. The second-order valence-electron chi connectivity index (χ2n) is 12.9. The molecule has 9 heteroatoms. The van der Waals surface area contributed by atoms with E-state index in [1.54, 1.807) is 30.3 Å². The number of nitrogens with zero attached hydrogens (tertiary/aromatic N) is 1. The zero-order valence-electron chi connectivity index (χ0n) is 30.2. The third kappa shape index (κ3) is 7.85. The van der Waals surface area contributed by atoms with Gasteiger partial charge in [-0.25, -0.2) is 0 Å². The van der Waals surface area contributed by atoms with Crippen molar-refractivity contribution < 1.29 is 29.5 Å². The minimum Gasteiger partial charge on any atom is -0.507 e. The average Bonchev–Trinajstić information content (AvgIpc) is 3.26. The van der Waals surface area contributed by atoms with Crippen molar-refractivity contribution in [1.29, 1.82) is 0 Å². The third-order valence-electron chi connectivity index (χ3n) is 9.54. The monoisotopic (exact) mass is 775 g/mol. The number of hydrogen-bond acceptors (Lipinski definition) is 7. The van der Waals surface area contributed by atoms with E-state index in [1.165, 1.54) is 0 Å². The first-order chi connectivity index (χ1) is 27.4. The van der Waals surface area contributed by atoms with Crippen LogP contribution in [0.25, 0.3) is 65.3 Å². The van der Waals surface area contributed by atoms with Crippen LogP contribution in [-0.2, 0) is 13.2 Å². The second kappa shape index (κ2) is 17.6. The summed E-state index contributed by atoms with van der Waals surface area (Å²) in [4.78, 5) is 3.91.